The van der Waals surface area contributed by atoms with Crippen LogP contribution in [0.25, 0.3) is 0 Å². The summed E-state index contributed by atoms with van der Waals surface area (Å²) in [5.74, 6) is -1.59. The van der Waals surface area contributed by atoms with Gasteiger partial charge >= 0.3 is 5.97 Å². The smallest absolute Gasteiger partial charge is 0.309 e. The van der Waals surface area contributed by atoms with Crippen LogP contribution in [0.4, 0.5) is 5.13 Å². The molecule has 0 aromatic carbocycles. The molecule has 0 spiro atoms. The predicted octanol–water partition coefficient (Wildman–Crippen LogP) is 3.39. The van der Waals surface area contributed by atoms with Crippen molar-refractivity contribution in [3.63, 3.8) is 0 Å². The van der Waals surface area contributed by atoms with Gasteiger partial charge in [-0.15, -0.1) is 0 Å². The molecule has 32 heavy (non-hydrogen) atoms. The first-order valence-corrected chi connectivity index (χ1v) is 13.0. The number of hydrogen-bond acceptors (Lipinski definition) is 8. The van der Waals surface area contributed by atoms with E-state index in [0.29, 0.717) is 18.4 Å². The van der Waals surface area contributed by atoms with Crippen LogP contribution in [0.2, 0.25) is 4.34 Å². The van der Waals surface area contributed by atoms with Gasteiger partial charge in [0.1, 0.15) is 4.34 Å². The van der Waals surface area contributed by atoms with Gasteiger partial charge in [-0.25, -0.2) is 18.4 Å². The van der Waals surface area contributed by atoms with Gasteiger partial charge in [0.15, 0.2) is 26.1 Å². The molecule has 0 radical (unpaired) electrons. The van der Waals surface area contributed by atoms with Crippen molar-refractivity contribution in [1.82, 2.24) is 9.97 Å². The summed E-state index contributed by atoms with van der Waals surface area (Å²) >= 11 is 7.01. The maximum Gasteiger partial charge on any atom is 0.309 e. The molecule has 2 aromatic rings. The fraction of sp³-hybridized carbons (Fsp3) is 0.500. The number of halogens is 1. The molecular formula is C20H22ClN3O6S2. The van der Waals surface area contributed by atoms with E-state index in [4.69, 9.17) is 21.4 Å². The summed E-state index contributed by atoms with van der Waals surface area (Å²) < 4.78 is 31.1. The second kappa shape index (κ2) is 9.42. The summed E-state index contributed by atoms with van der Waals surface area (Å²) in [7, 11) is -3.43. The average Bonchev–Trinajstić information content (AvgIpc) is 3.39. The number of sulfone groups is 1. The first-order chi connectivity index (χ1) is 15.2. The number of nitrogens with zero attached hydrogens (tertiary/aromatic N) is 2. The molecule has 0 saturated heterocycles. The van der Waals surface area contributed by atoms with Crippen molar-refractivity contribution in [2.24, 2.45) is 0 Å². The number of amides is 1. The number of anilines is 1. The minimum absolute atomic E-state index is 0.00575. The monoisotopic (exact) mass is 499 g/mol. The summed E-state index contributed by atoms with van der Waals surface area (Å²) in [5.41, 5.74) is 0.599. The third-order valence-corrected chi connectivity index (χ3v) is 8.81. The maximum atomic E-state index is 13.1. The normalized spacial score (nSPS) is 17.9. The van der Waals surface area contributed by atoms with Crippen molar-refractivity contribution in [3.8, 4) is 0 Å². The number of carbonyl (C=O) groups excluding carboxylic acids is 1. The number of thiazole rings is 1. The lowest BCUT2D eigenvalue weighted by Crippen LogP contribution is -2.27. The van der Waals surface area contributed by atoms with Crippen LogP contribution in [-0.2, 0) is 30.6 Å². The standard InChI is InChI=1S/C20H22ClN3O6S2/c21-18-14(9-16(25)26)23-20(31-18)24-19(27)17(30-12-3-1-2-4-12)11-5-8-15(22-10-11)32(28,29)13-6-7-13/h5,8,10,12-13,17H,1-4,6-7,9H2,(H,25,26)(H,23,24,27). The van der Waals surface area contributed by atoms with Crippen LogP contribution < -0.4 is 5.32 Å². The number of pyridine rings is 1. The molecule has 2 saturated carbocycles. The molecule has 1 atom stereocenters. The van der Waals surface area contributed by atoms with Gasteiger partial charge in [0.2, 0.25) is 0 Å². The van der Waals surface area contributed by atoms with Gasteiger partial charge in [0.05, 0.1) is 23.5 Å². The molecule has 9 nitrogen and oxygen atoms in total. The summed E-state index contributed by atoms with van der Waals surface area (Å²) in [6, 6.07) is 2.96. The number of rotatable bonds is 9. The van der Waals surface area contributed by atoms with Crippen molar-refractivity contribution in [2.45, 2.75) is 67.4 Å². The third kappa shape index (κ3) is 5.28. The Morgan fingerprint density at radius 2 is 1.97 bits per heavy atom. The maximum absolute atomic E-state index is 13.1. The highest BCUT2D eigenvalue weighted by Crippen LogP contribution is 2.34. The molecule has 172 valence electrons. The number of aliphatic carboxylic acids is 1. The van der Waals surface area contributed by atoms with Gasteiger partial charge in [-0.2, -0.15) is 0 Å². The zero-order chi connectivity index (χ0) is 22.9. The Bertz CT molecular complexity index is 1110. The van der Waals surface area contributed by atoms with Crippen LogP contribution in [0.5, 0.6) is 0 Å². The van der Waals surface area contributed by atoms with Gasteiger partial charge in [-0.1, -0.05) is 41.8 Å². The van der Waals surface area contributed by atoms with Crippen LogP contribution >= 0.6 is 22.9 Å². The summed E-state index contributed by atoms with van der Waals surface area (Å²) in [6.45, 7) is 0. The lowest BCUT2D eigenvalue weighted by molar-refractivity contribution is -0.136. The largest absolute Gasteiger partial charge is 0.481 e. The summed E-state index contributed by atoms with van der Waals surface area (Å²) in [6.07, 6.45) is 4.86. The lowest BCUT2D eigenvalue weighted by atomic mass is 10.1. The first kappa shape index (κ1) is 23.1. The fourth-order valence-corrected chi connectivity index (χ4v) is 6.18. The van der Waals surface area contributed by atoms with Crippen LogP contribution in [0.15, 0.2) is 23.4 Å². The SMILES string of the molecule is O=C(O)Cc1nc(NC(=O)C(OC2CCCC2)c2ccc(S(=O)(=O)C3CC3)nc2)sc1Cl. The first-order valence-electron chi connectivity index (χ1n) is 10.3. The molecule has 1 unspecified atom stereocenters. The van der Waals surface area contributed by atoms with Crippen molar-refractivity contribution < 1.29 is 27.9 Å². The van der Waals surface area contributed by atoms with E-state index in [-0.39, 0.29) is 38.0 Å². The van der Waals surface area contributed by atoms with Gasteiger partial charge < -0.3 is 9.84 Å². The van der Waals surface area contributed by atoms with Gasteiger partial charge in [0.25, 0.3) is 5.91 Å². The number of ether oxygens (including phenoxy) is 1. The number of nitrogens with one attached hydrogen (secondary N) is 1. The fourth-order valence-electron chi connectivity index (χ4n) is 3.58. The van der Waals surface area contributed by atoms with Crippen LogP contribution in [0.1, 0.15) is 55.9 Å². The van der Waals surface area contributed by atoms with Crippen LogP contribution in [0, 0.1) is 0 Å². The van der Waals surface area contributed by atoms with Crippen LogP contribution in [-0.4, -0.2) is 46.7 Å². The average molecular weight is 500 g/mol. The number of carboxylic acid groups (broad SMARTS) is 1. The second-order valence-corrected chi connectivity index (χ2v) is 11.7. The van der Waals surface area contributed by atoms with Crippen molar-refractivity contribution >= 4 is 49.8 Å². The van der Waals surface area contributed by atoms with E-state index < -0.39 is 27.8 Å². The molecule has 2 fully saturated rings. The Morgan fingerprint density at radius 1 is 1.25 bits per heavy atom. The van der Waals surface area contributed by atoms with Gasteiger partial charge in [0, 0.05) is 11.8 Å². The van der Waals surface area contributed by atoms with E-state index in [0.717, 1.165) is 37.0 Å². The summed E-state index contributed by atoms with van der Waals surface area (Å²) in [4.78, 5) is 32.2. The molecule has 0 aliphatic heterocycles. The molecule has 12 heteroatoms. The summed E-state index contributed by atoms with van der Waals surface area (Å²) in [5, 5.41) is 11.4. The van der Waals surface area contributed by atoms with E-state index in [2.05, 4.69) is 15.3 Å². The molecule has 2 N–H and O–H groups in total. The molecule has 2 heterocycles. The lowest BCUT2D eigenvalue weighted by Gasteiger charge is -2.21. The van der Waals surface area contributed by atoms with E-state index in [1.807, 2.05) is 0 Å². The predicted molar refractivity (Wildman–Crippen MR) is 118 cm³/mol. The minimum Gasteiger partial charge on any atom is -0.481 e. The molecule has 1 amide bonds. The Morgan fingerprint density at radius 3 is 2.56 bits per heavy atom. The highest BCUT2D eigenvalue weighted by molar-refractivity contribution is 7.92. The Balaban J connectivity index is 1.54. The second-order valence-electron chi connectivity index (χ2n) is 7.90. The number of hydrogen-bond donors (Lipinski definition) is 2. The molecule has 2 aromatic heterocycles. The highest BCUT2D eigenvalue weighted by atomic mass is 35.5. The Kier molecular flexibility index (Phi) is 6.80. The van der Waals surface area contributed by atoms with Crippen molar-refractivity contribution in [2.75, 3.05) is 5.32 Å². The van der Waals surface area contributed by atoms with E-state index in [9.17, 15) is 18.0 Å². The number of carboxylic acids is 1. The number of aromatic nitrogens is 2. The van der Waals surface area contributed by atoms with Gasteiger partial charge in [-0.05, 0) is 31.7 Å². The zero-order valence-electron chi connectivity index (χ0n) is 17.0. The topological polar surface area (TPSA) is 136 Å². The van der Waals surface area contributed by atoms with E-state index in [1.54, 1.807) is 6.07 Å². The molecular weight excluding hydrogens is 478 g/mol. The van der Waals surface area contributed by atoms with Crippen LogP contribution in [0.3, 0.4) is 0 Å². The number of carbonyl (C=O) groups is 2. The van der Waals surface area contributed by atoms with Gasteiger partial charge in [-0.3, -0.25) is 14.9 Å². The quantitative estimate of drug-likeness (QED) is 0.535. The molecule has 0 bridgehead atoms. The zero-order valence-corrected chi connectivity index (χ0v) is 19.4. The molecule has 4 rings (SSSR count). The van der Waals surface area contributed by atoms with E-state index >= 15 is 0 Å². The third-order valence-electron chi connectivity index (χ3n) is 5.38. The minimum atomic E-state index is -3.43. The van der Waals surface area contributed by atoms with Crippen molar-refractivity contribution in [3.05, 3.63) is 33.9 Å². The Hall–Kier alpha value is -2.08. The van der Waals surface area contributed by atoms with E-state index in [1.165, 1.54) is 12.3 Å². The highest BCUT2D eigenvalue weighted by Gasteiger charge is 2.38. The molecule has 2 aliphatic rings. The van der Waals surface area contributed by atoms with Crippen molar-refractivity contribution in [1.29, 1.82) is 0 Å². The Labute approximate surface area is 194 Å². The molecule has 2 aliphatic carbocycles.